The number of halogens is 5. The standard InChI is InChI=1S/C8H4BrClF3NO/c9-6-4(10)1-3(2-5(6)11)14-8(15)7(12)13/h1-2,7H,(H,14,15). The van der Waals surface area contributed by atoms with Gasteiger partial charge in [-0.1, -0.05) is 11.6 Å². The smallest absolute Gasteiger partial charge is 0.315 e. The third kappa shape index (κ3) is 3.10. The van der Waals surface area contributed by atoms with Crippen molar-refractivity contribution in [3.63, 3.8) is 0 Å². The molecular weight excluding hydrogens is 298 g/mol. The summed E-state index contributed by atoms with van der Waals surface area (Å²) in [7, 11) is 0. The number of benzene rings is 1. The van der Waals surface area contributed by atoms with Gasteiger partial charge in [-0.05, 0) is 28.1 Å². The van der Waals surface area contributed by atoms with Crippen LogP contribution in [0.25, 0.3) is 0 Å². The summed E-state index contributed by atoms with van der Waals surface area (Å²) in [5.41, 5.74) is -0.119. The molecule has 0 saturated carbocycles. The van der Waals surface area contributed by atoms with Gasteiger partial charge in [0.1, 0.15) is 5.82 Å². The Morgan fingerprint density at radius 2 is 2.07 bits per heavy atom. The van der Waals surface area contributed by atoms with E-state index in [4.69, 9.17) is 11.6 Å². The van der Waals surface area contributed by atoms with E-state index in [1.807, 2.05) is 5.32 Å². The highest BCUT2D eigenvalue weighted by Gasteiger charge is 2.16. The van der Waals surface area contributed by atoms with E-state index in [0.717, 1.165) is 12.1 Å². The monoisotopic (exact) mass is 301 g/mol. The average molecular weight is 302 g/mol. The van der Waals surface area contributed by atoms with E-state index >= 15 is 0 Å². The molecule has 1 aromatic rings. The zero-order valence-electron chi connectivity index (χ0n) is 7.03. The third-order valence-corrected chi connectivity index (χ3v) is 2.78. The summed E-state index contributed by atoms with van der Waals surface area (Å²) in [6, 6.07) is 2.05. The molecule has 0 aliphatic carbocycles. The van der Waals surface area contributed by atoms with Gasteiger partial charge in [-0.3, -0.25) is 4.79 Å². The summed E-state index contributed by atoms with van der Waals surface area (Å²) in [4.78, 5) is 10.6. The largest absolute Gasteiger partial charge is 0.321 e. The minimum Gasteiger partial charge on any atom is -0.321 e. The van der Waals surface area contributed by atoms with Crippen molar-refractivity contribution in [1.82, 2.24) is 0 Å². The Morgan fingerprint density at radius 3 is 2.53 bits per heavy atom. The van der Waals surface area contributed by atoms with Crippen LogP contribution in [-0.2, 0) is 4.79 Å². The minimum atomic E-state index is -3.16. The SMILES string of the molecule is O=C(Nc1cc(F)c(Br)c(Cl)c1)C(F)F. The Kier molecular flexibility index (Phi) is 3.98. The highest BCUT2D eigenvalue weighted by atomic mass is 79.9. The van der Waals surface area contributed by atoms with Crippen LogP contribution in [0.15, 0.2) is 16.6 Å². The van der Waals surface area contributed by atoms with Crippen LogP contribution in [0, 0.1) is 5.82 Å². The lowest BCUT2D eigenvalue weighted by atomic mass is 10.3. The first-order chi connectivity index (χ1) is 6.91. The predicted molar refractivity (Wildman–Crippen MR) is 53.7 cm³/mol. The second kappa shape index (κ2) is 4.85. The van der Waals surface area contributed by atoms with Crippen molar-refractivity contribution < 1.29 is 18.0 Å². The number of carbonyl (C=O) groups excluding carboxylic acids is 1. The topological polar surface area (TPSA) is 29.1 Å². The molecule has 0 saturated heterocycles. The molecule has 0 aromatic heterocycles. The van der Waals surface area contributed by atoms with Crippen LogP contribution in [0.3, 0.4) is 0 Å². The number of nitrogens with one attached hydrogen (secondary N) is 1. The molecule has 1 aromatic carbocycles. The second-order valence-electron chi connectivity index (χ2n) is 2.54. The number of anilines is 1. The zero-order valence-corrected chi connectivity index (χ0v) is 9.37. The fourth-order valence-corrected chi connectivity index (χ4v) is 1.26. The van der Waals surface area contributed by atoms with Crippen molar-refractivity contribution in [2.45, 2.75) is 6.43 Å². The number of amides is 1. The quantitative estimate of drug-likeness (QED) is 0.833. The lowest BCUT2D eigenvalue weighted by Gasteiger charge is -2.06. The van der Waals surface area contributed by atoms with Gasteiger partial charge in [0.25, 0.3) is 5.91 Å². The molecule has 0 spiro atoms. The van der Waals surface area contributed by atoms with E-state index in [2.05, 4.69) is 15.9 Å². The minimum absolute atomic E-state index is 0.0132. The number of rotatable bonds is 2. The van der Waals surface area contributed by atoms with Gasteiger partial charge in [0, 0.05) is 5.69 Å². The van der Waals surface area contributed by atoms with E-state index in [0.29, 0.717) is 0 Å². The molecule has 82 valence electrons. The summed E-state index contributed by atoms with van der Waals surface area (Å²) in [6.07, 6.45) is -3.16. The Morgan fingerprint density at radius 1 is 1.47 bits per heavy atom. The molecule has 0 atom stereocenters. The third-order valence-electron chi connectivity index (χ3n) is 1.45. The van der Waals surface area contributed by atoms with Crippen molar-refractivity contribution in [2.75, 3.05) is 5.32 Å². The predicted octanol–water partition coefficient (Wildman–Crippen LogP) is 3.45. The number of hydrogen-bond acceptors (Lipinski definition) is 1. The van der Waals surface area contributed by atoms with Gasteiger partial charge in [0.2, 0.25) is 0 Å². The molecule has 0 aliphatic heterocycles. The molecule has 1 rings (SSSR count). The average Bonchev–Trinajstić information content (AvgIpc) is 2.13. The van der Waals surface area contributed by atoms with Crippen LogP contribution in [0.1, 0.15) is 0 Å². The van der Waals surface area contributed by atoms with Gasteiger partial charge < -0.3 is 5.32 Å². The summed E-state index contributed by atoms with van der Waals surface area (Å²) in [6.45, 7) is 0. The normalized spacial score (nSPS) is 10.5. The Bertz CT molecular complexity index is 376. The molecule has 0 aliphatic rings. The molecule has 0 bridgehead atoms. The van der Waals surface area contributed by atoms with E-state index in [1.165, 1.54) is 0 Å². The highest BCUT2D eigenvalue weighted by Crippen LogP contribution is 2.29. The summed E-state index contributed by atoms with van der Waals surface area (Å²) < 4.78 is 36.7. The Balaban J connectivity index is 2.93. The van der Waals surface area contributed by atoms with Gasteiger partial charge in [-0.25, -0.2) is 4.39 Å². The van der Waals surface area contributed by atoms with Crippen molar-refractivity contribution in [2.24, 2.45) is 0 Å². The Labute approximate surface area is 96.5 Å². The molecule has 0 unspecified atom stereocenters. The first kappa shape index (κ1) is 12.3. The number of hydrogen-bond donors (Lipinski definition) is 1. The fraction of sp³-hybridized carbons (Fsp3) is 0.125. The lowest BCUT2D eigenvalue weighted by Crippen LogP contribution is -2.20. The zero-order chi connectivity index (χ0) is 11.6. The van der Waals surface area contributed by atoms with Crippen LogP contribution in [0.2, 0.25) is 5.02 Å². The molecule has 7 heteroatoms. The number of carbonyl (C=O) groups is 1. The van der Waals surface area contributed by atoms with Crippen molar-refractivity contribution in [1.29, 1.82) is 0 Å². The molecular formula is C8H4BrClF3NO. The van der Waals surface area contributed by atoms with Crippen molar-refractivity contribution in [3.05, 3.63) is 27.4 Å². The van der Waals surface area contributed by atoms with E-state index in [9.17, 15) is 18.0 Å². The maximum atomic E-state index is 13.0. The van der Waals surface area contributed by atoms with Crippen molar-refractivity contribution in [3.8, 4) is 0 Å². The lowest BCUT2D eigenvalue weighted by molar-refractivity contribution is -0.126. The molecule has 1 N–H and O–H groups in total. The summed E-state index contributed by atoms with van der Waals surface area (Å²) >= 11 is 8.40. The van der Waals surface area contributed by atoms with Gasteiger partial charge in [0.15, 0.2) is 0 Å². The molecule has 0 radical (unpaired) electrons. The maximum absolute atomic E-state index is 13.0. The van der Waals surface area contributed by atoms with Crippen LogP contribution in [-0.4, -0.2) is 12.3 Å². The van der Waals surface area contributed by atoms with Gasteiger partial charge in [-0.2, -0.15) is 8.78 Å². The van der Waals surface area contributed by atoms with Crippen molar-refractivity contribution >= 4 is 39.1 Å². The maximum Gasteiger partial charge on any atom is 0.315 e. The van der Waals surface area contributed by atoms with Gasteiger partial charge in [-0.15, -0.1) is 0 Å². The van der Waals surface area contributed by atoms with Crippen LogP contribution < -0.4 is 5.32 Å². The van der Waals surface area contributed by atoms with E-state index < -0.39 is 18.1 Å². The molecule has 0 fully saturated rings. The van der Waals surface area contributed by atoms with Gasteiger partial charge in [0.05, 0.1) is 9.50 Å². The first-order valence-electron chi connectivity index (χ1n) is 3.65. The molecule has 0 heterocycles. The van der Waals surface area contributed by atoms with Crippen LogP contribution >= 0.6 is 27.5 Å². The summed E-state index contributed by atoms with van der Waals surface area (Å²) in [5.74, 6) is -2.25. The fourth-order valence-electron chi connectivity index (χ4n) is 0.825. The van der Waals surface area contributed by atoms with Crippen LogP contribution in [0.4, 0.5) is 18.9 Å². The highest BCUT2D eigenvalue weighted by molar-refractivity contribution is 9.10. The molecule has 1 amide bonds. The van der Waals surface area contributed by atoms with E-state index in [-0.39, 0.29) is 15.2 Å². The van der Waals surface area contributed by atoms with Crippen LogP contribution in [0.5, 0.6) is 0 Å². The summed E-state index contributed by atoms with van der Waals surface area (Å²) in [5, 5.41) is 1.80. The molecule has 15 heavy (non-hydrogen) atoms. The Hall–Kier alpha value is -0.750. The first-order valence-corrected chi connectivity index (χ1v) is 4.82. The van der Waals surface area contributed by atoms with E-state index in [1.54, 1.807) is 0 Å². The molecule has 2 nitrogen and oxygen atoms in total. The second-order valence-corrected chi connectivity index (χ2v) is 3.74. The number of alkyl halides is 2. The van der Waals surface area contributed by atoms with Gasteiger partial charge >= 0.3 is 6.43 Å².